The molecule has 0 saturated heterocycles. The first-order valence-electron chi connectivity index (χ1n) is 9.28. The van der Waals surface area contributed by atoms with E-state index in [1.54, 1.807) is 11.1 Å². The number of unbranched alkanes of at least 4 members (excludes halogenated alkanes) is 9. The smallest absolute Gasteiger partial charge is 0.00260 e. The molecule has 21 heavy (non-hydrogen) atoms. The predicted molar refractivity (Wildman–Crippen MR) is 100.0 cm³/mol. The van der Waals surface area contributed by atoms with Crippen molar-refractivity contribution in [2.24, 2.45) is 0 Å². The summed E-state index contributed by atoms with van der Waals surface area (Å²) in [6, 6.07) is 0. The van der Waals surface area contributed by atoms with Gasteiger partial charge in [0, 0.05) is 0 Å². The zero-order valence-electron chi connectivity index (χ0n) is 14.5. The Morgan fingerprint density at radius 3 is 2.19 bits per heavy atom. The summed E-state index contributed by atoms with van der Waals surface area (Å²) in [4.78, 5) is 0. The van der Waals surface area contributed by atoms with Crippen molar-refractivity contribution in [3.05, 3.63) is 22.6 Å². The molecule has 0 bridgehead atoms. The van der Waals surface area contributed by atoms with Crippen LogP contribution < -0.4 is 0 Å². The molecule has 0 aromatic carbocycles. The Labute approximate surface area is 137 Å². The van der Waals surface area contributed by atoms with Crippen LogP contribution in [0.2, 0.25) is 0 Å². The van der Waals surface area contributed by atoms with Gasteiger partial charge in [0.05, 0.1) is 0 Å². The van der Waals surface area contributed by atoms with Gasteiger partial charge in [0.15, 0.2) is 0 Å². The molecule has 1 aliphatic carbocycles. The highest BCUT2D eigenvalue weighted by Gasteiger charge is 2.04. The van der Waals surface area contributed by atoms with Crippen LogP contribution in [-0.4, -0.2) is 5.75 Å². The van der Waals surface area contributed by atoms with E-state index < -0.39 is 0 Å². The van der Waals surface area contributed by atoms with Crippen LogP contribution in [0.1, 0.15) is 97.3 Å². The van der Waals surface area contributed by atoms with E-state index in [1.165, 1.54) is 89.2 Å². The van der Waals surface area contributed by atoms with Gasteiger partial charge in [-0.3, -0.25) is 0 Å². The van der Waals surface area contributed by atoms with Crippen molar-refractivity contribution in [2.75, 3.05) is 5.75 Å². The van der Waals surface area contributed by atoms with Gasteiger partial charge in [-0.05, 0) is 43.8 Å². The summed E-state index contributed by atoms with van der Waals surface area (Å²) >= 11 is 2.05. The third kappa shape index (κ3) is 11.1. The summed E-state index contributed by atoms with van der Waals surface area (Å²) < 4.78 is 0. The van der Waals surface area contributed by atoms with E-state index >= 15 is 0 Å². The van der Waals surface area contributed by atoms with Gasteiger partial charge in [-0.25, -0.2) is 0 Å². The highest BCUT2D eigenvalue weighted by molar-refractivity contribution is 8.02. The lowest BCUT2D eigenvalue weighted by Crippen LogP contribution is -1.92. The van der Waals surface area contributed by atoms with Crippen LogP contribution in [0.15, 0.2) is 22.6 Å². The van der Waals surface area contributed by atoms with Crippen molar-refractivity contribution < 1.29 is 0 Å². The molecule has 122 valence electrons. The van der Waals surface area contributed by atoms with Gasteiger partial charge in [0.2, 0.25) is 0 Å². The molecule has 0 radical (unpaired) electrons. The van der Waals surface area contributed by atoms with Gasteiger partial charge in [-0.2, -0.15) is 0 Å². The van der Waals surface area contributed by atoms with Crippen LogP contribution in [-0.2, 0) is 0 Å². The fourth-order valence-electron chi connectivity index (χ4n) is 2.97. The molecule has 0 spiro atoms. The SMILES string of the molecule is CCCCCCCCCCCCSC=C1CCC=C(C)C1. The molecule has 0 nitrogen and oxygen atoms in total. The Kier molecular flexibility index (Phi) is 12.1. The maximum absolute atomic E-state index is 2.45. The molecule has 0 heterocycles. The van der Waals surface area contributed by atoms with Gasteiger partial charge in [-0.1, -0.05) is 81.9 Å². The van der Waals surface area contributed by atoms with E-state index in [4.69, 9.17) is 0 Å². The summed E-state index contributed by atoms with van der Waals surface area (Å²) in [6.45, 7) is 4.56. The first-order chi connectivity index (χ1) is 10.3. The molecule has 0 saturated carbocycles. The Morgan fingerprint density at radius 1 is 0.952 bits per heavy atom. The number of hydrogen-bond donors (Lipinski definition) is 0. The fourth-order valence-corrected chi connectivity index (χ4v) is 3.90. The Morgan fingerprint density at radius 2 is 1.57 bits per heavy atom. The van der Waals surface area contributed by atoms with Crippen LogP contribution in [0.3, 0.4) is 0 Å². The van der Waals surface area contributed by atoms with Crippen molar-refractivity contribution in [1.82, 2.24) is 0 Å². The lowest BCUT2D eigenvalue weighted by molar-refractivity contribution is 0.563. The number of hydrogen-bond acceptors (Lipinski definition) is 1. The van der Waals surface area contributed by atoms with Crippen LogP contribution in [0.4, 0.5) is 0 Å². The van der Waals surface area contributed by atoms with E-state index in [0.717, 1.165) is 0 Å². The second kappa shape index (κ2) is 13.5. The number of rotatable bonds is 12. The second-order valence-corrected chi connectivity index (χ2v) is 7.57. The third-order valence-electron chi connectivity index (χ3n) is 4.33. The monoisotopic (exact) mass is 308 g/mol. The molecular weight excluding hydrogens is 272 g/mol. The minimum atomic E-state index is 1.23. The van der Waals surface area contributed by atoms with Crippen LogP contribution >= 0.6 is 11.8 Å². The molecule has 1 heteroatoms. The Bertz CT molecular complexity index is 301. The Hall–Kier alpha value is -0.170. The van der Waals surface area contributed by atoms with Crippen molar-refractivity contribution in [3.63, 3.8) is 0 Å². The first kappa shape index (κ1) is 18.9. The van der Waals surface area contributed by atoms with Crippen molar-refractivity contribution >= 4 is 11.8 Å². The zero-order valence-corrected chi connectivity index (χ0v) is 15.3. The van der Waals surface area contributed by atoms with Crippen LogP contribution in [0.25, 0.3) is 0 Å². The topological polar surface area (TPSA) is 0 Å². The second-order valence-electron chi connectivity index (χ2n) is 6.59. The van der Waals surface area contributed by atoms with Crippen molar-refractivity contribution in [1.29, 1.82) is 0 Å². The summed E-state index contributed by atoms with van der Waals surface area (Å²) in [7, 11) is 0. The molecule has 0 aliphatic heterocycles. The standard InChI is InChI=1S/C20H36S/c1-3-4-5-6-7-8-9-10-11-12-16-21-18-20-15-13-14-19(2)17-20/h14,18H,3-13,15-17H2,1-2H3. The van der Waals surface area contributed by atoms with Gasteiger partial charge in [0.1, 0.15) is 0 Å². The highest BCUT2D eigenvalue weighted by atomic mass is 32.2. The molecule has 1 aliphatic rings. The van der Waals surface area contributed by atoms with Gasteiger partial charge < -0.3 is 0 Å². The van der Waals surface area contributed by atoms with Crippen LogP contribution in [0.5, 0.6) is 0 Å². The van der Waals surface area contributed by atoms with E-state index in [0.29, 0.717) is 0 Å². The lowest BCUT2D eigenvalue weighted by atomic mass is 9.97. The van der Waals surface area contributed by atoms with Crippen molar-refractivity contribution in [2.45, 2.75) is 97.3 Å². The number of allylic oxidation sites excluding steroid dienone is 3. The molecule has 0 aromatic rings. The largest absolute Gasteiger partial charge is 0.134 e. The summed E-state index contributed by atoms with van der Waals surface area (Å²) in [5.74, 6) is 1.32. The maximum atomic E-state index is 2.45. The average molecular weight is 309 g/mol. The minimum absolute atomic E-state index is 1.23. The van der Waals surface area contributed by atoms with E-state index in [9.17, 15) is 0 Å². The summed E-state index contributed by atoms with van der Waals surface area (Å²) in [5, 5.41) is 2.45. The normalized spacial score (nSPS) is 17.2. The highest BCUT2D eigenvalue weighted by Crippen LogP contribution is 2.25. The van der Waals surface area contributed by atoms with E-state index in [-0.39, 0.29) is 0 Å². The summed E-state index contributed by atoms with van der Waals surface area (Å²) in [5.41, 5.74) is 3.22. The molecule has 0 atom stereocenters. The van der Waals surface area contributed by atoms with E-state index in [1.807, 2.05) is 11.8 Å². The average Bonchev–Trinajstić information content (AvgIpc) is 2.48. The lowest BCUT2D eigenvalue weighted by Gasteiger charge is -2.12. The zero-order chi connectivity index (χ0) is 15.2. The first-order valence-corrected chi connectivity index (χ1v) is 10.3. The molecule has 0 N–H and O–H groups in total. The summed E-state index contributed by atoms with van der Waals surface area (Å²) in [6.07, 6.45) is 20.6. The quantitative estimate of drug-likeness (QED) is 0.263. The molecule has 0 amide bonds. The van der Waals surface area contributed by atoms with Gasteiger partial charge >= 0.3 is 0 Å². The van der Waals surface area contributed by atoms with Crippen molar-refractivity contribution in [3.8, 4) is 0 Å². The molecule has 0 unspecified atom stereocenters. The number of thioether (sulfide) groups is 1. The molecule has 0 aromatic heterocycles. The molecule has 0 fully saturated rings. The van der Waals surface area contributed by atoms with Gasteiger partial charge in [-0.15, -0.1) is 11.8 Å². The Balaban J connectivity index is 1.82. The molecule has 1 rings (SSSR count). The molecular formula is C20H36S. The maximum Gasteiger partial charge on any atom is -0.00260 e. The predicted octanol–water partition coefficient (Wildman–Crippen LogP) is 7.65. The van der Waals surface area contributed by atoms with Crippen LogP contribution in [0, 0.1) is 0 Å². The third-order valence-corrected chi connectivity index (χ3v) is 5.35. The minimum Gasteiger partial charge on any atom is -0.134 e. The fraction of sp³-hybridized carbons (Fsp3) is 0.800. The van der Waals surface area contributed by atoms with E-state index in [2.05, 4.69) is 25.3 Å². The van der Waals surface area contributed by atoms with Gasteiger partial charge in [0.25, 0.3) is 0 Å².